The third-order valence-corrected chi connectivity index (χ3v) is 13.6. The lowest BCUT2D eigenvalue weighted by Gasteiger charge is -2.20. The normalized spacial score (nSPS) is 12.6. The van der Waals surface area contributed by atoms with Gasteiger partial charge >= 0.3 is 5.97 Å². The Bertz CT molecular complexity index is 955. The van der Waals surface area contributed by atoms with E-state index in [-0.39, 0.29) is 18.5 Å². The molecule has 64 heavy (non-hydrogen) atoms. The maximum Gasteiger partial charge on any atom is 0.305 e. The van der Waals surface area contributed by atoms with E-state index in [4.69, 9.17) is 4.74 Å². The Balaban J connectivity index is 3.39. The first-order valence-electron chi connectivity index (χ1n) is 29.0. The van der Waals surface area contributed by atoms with Crippen LogP contribution in [0.5, 0.6) is 0 Å². The number of allylic oxidation sites excluding steroid dienone is 1. The van der Waals surface area contributed by atoms with Gasteiger partial charge in [-0.3, -0.25) is 9.59 Å². The lowest BCUT2D eigenvalue weighted by atomic mass is 10.0. The van der Waals surface area contributed by atoms with Crippen molar-refractivity contribution < 1.29 is 24.5 Å². The van der Waals surface area contributed by atoms with Crippen molar-refractivity contribution in [3.63, 3.8) is 0 Å². The molecule has 0 aromatic carbocycles. The van der Waals surface area contributed by atoms with Gasteiger partial charge in [0.05, 0.1) is 25.4 Å². The van der Waals surface area contributed by atoms with Crippen LogP contribution in [0.3, 0.4) is 0 Å². The minimum absolute atomic E-state index is 0.00914. The molecule has 0 aromatic heterocycles. The highest BCUT2D eigenvalue weighted by Gasteiger charge is 2.18. The topological polar surface area (TPSA) is 95.9 Å². The van der Waals surface area contributed by atoms with Gasteiger partial charge in [-0.1, -0.05) is 289 Å². The number of hydrogen-bond acceptors (Lipinski definition) is 5. The van der Waals surface area contributed by atoms with Crippen LogP contribution in [-0.4, -0.2) is 47.4 Å². The Hall–Kier alpha value is -1.40. The summed E-state index contributed by atoms with van der Waals surface area (Å²) in [5.41, 5.74) is 0. The monoisotopic (exact) mass is 904 g/mol. The van der Waals surface area contributed by atoms with Gasteiger partial charge in [0.15, 0.2) is 0 Å². The summed E-state index contributed by atoms with van der Waals surface area (Å²) in [6.45, 7) is 4.90. The van der Waals surface area contributed by atoms with Gasteiger partial charge in [-0.15, -0.1) is 0 Å². The average molecular weight is 905 g/mol. The number of ether oxygens (including phenoxy) is 1. The van der Waals surface area contributed by atoms with Crippen molar-refractivity contribution in [3.8, 4) is 0 Å². The molecule has 3 N–H and O–H groups in total. The van der Waals surface area contributed by atoms with E-state index in [1.807, 2.05) is 6.08 Å². The summed E-state index contributed by atoms with van der Waals surface area (Å²) >= 11 is 0. The highest BCUT2D eigenvalue weighted by atomic mass is 16.5. The van der Waals surface area contributed by atoms with E-state index >= 15 is 0 Å². The fraction of sp³-hybridized carbons (Fsp3) is 0.931. The van der Waals surface area contributed by atoms with E-state index in [0.29, 0.717) is 19.4 Å². The van der Waals surface area contributed by atoms with Crippen molar-refractivity contribution in [2.24, 2.45) is 0 Å². The standard InChI is InChI=1S/C58H113NO5/c1-3-5-7-9-11-13-15-17-18-19-22-25-28-32-36-40-44-48-52-58(63)64-53-49-45-41-37-33-29-26-23-20-21-24-27-31-35-39-43-47-51-57(62)59-55(54-60)56(61)50-46-42-38-34-30-16-14-12-10-8-6-4-2/h46,50,55-56,60-61H,3-45,47-49,51-54H2,1-2H3,(H,59,62)/b50-46+. The fourth-order valence-corrected chi connectivity index (χ4v) is 9.11. The van der Waals surface area contributed by atoms with Crippen LogP contribution in [0.4, 0.5) is 0 Å². The molecule has 0 aliphatic carbocycles. The highest BCUT2D eigenvalue weighted by molar-refractivity contribution is 5.76. The SMILES string of the molecule is CCCCCCCCCCCC/C=C/C(O)C(CO)NC(=O)CCCCCCCCCCCCCCCCCCCOC(=O)CCCCCCCCCCCCCCCCCCCC. The summed E-state index contributed by atoms with van der Waals surface area (Å²) < 4.78 is 5.49. The lowest BCUT2D eigenvalue weighted by Crippen LogP contribution is -2.45. The Kier molecular flexibility index (Phi) is 53.0. The molecule has 0 heterocycles. The van der Waals surface area contributed by atoms with Crippen LogP contribution < -0.4 is 5.32 Å². The number of hydrogen-bond donors (Lipinski definition) is 3. The largest absolute Gasteiger partial charge is 0.466 e. The molecule has 2 unspecified atom stereocenters. The van der Waals surface area contributed by atoms with Gasteiger partial charge in [0, 0.05) is 12.8 Å². The molecule has 0 rings (SSSR count). The molecule has 0 aliphatic heterocycles. The van der Waals surface area contributed by atoms with Crippen molar-refractivity contribution in [2.75, 3.05) is 13.2 Å². The molecule has 0 spiro atoms. The minimum Gasteiger partial charge on any atom is -0.466 e. The van der Waals surface area contributed by atoms with Gasteiger partial charge in [0.25, 0.3) is 0 Å². The molecule has 0 radical (unpaired) electrons. The number of carbonyl (C=O) groups excluding carboxylic acids is 2. The summed E-state index contributed by atoms with van der Waals surface area (Å²) in [6, 6.07) is -0.630. The smallest absolute Gasteiger partial charge is 0.305 e. The molecule has 0 fully saturated rings. The van der Waals surface area contributed by atoms with E-state index in [2.05, 4.69) is 19.2 Å². The molecule has 6 nitrogen and oxygen atoms in total. The Labute approximate surface area is 399 Å². The summed E-state index contributed by atoms with van der Waals surface area (Å²) in [5, 5.41) is 23.0. The molecule has 0 saturated carbocycles. The molecule has 0 saturated heterocycles. The van der Waals surface area contributed by atoms with Crippen LogP contribution >= 0.6 is 0 Å². The molecule has 1 amide bonds. The second-order valence-corrected chi connectivity index (χ2v) is 20.0. The molecular formula is C58H113NO5. The Morgan fingerprint density at radius 1 is 0.422 bits per heavy atom. The third-order valence-electron chi connectivity index (χ3n) is 13.6. The summed E-state index contributed by atoms with van der Waals surface area (Å²) in [5.74, 6) is -0.0635. The van der Waals surface area contributed by atoms with Gasteiger partial charge in [0.2, 0.25) is 5.91 Å². The van der Waals surface area contributed by atoms with Gasteiger partial charge in [-0.2, -0.15) is 0 Å². The zero-order chi connectivity index (χ0) is 46.5. The molecule has 0 aromatic rings. The van der Waals surface area contributed by atoms with E-state index in [9.17, 15) is 19.8 Å². The number of esters is 1. The zero-order valence-corrected chi connectivity index (χ0v) is 43.3. The maximum atomic E-state index is 12.4. The second-order valence-electron chi connectivity index (χ2n) is 20.0. The molecule has 380 valence electrons. The van der Waals surface area contributed by atoms with Gasteiger partial charge in [-0.25, -0.2) is 0 Å². The van der Waals surface area contributed by atoms with E-state index < -0.39 is 12.1 Å². The van der Waals surface area contributed by atoms with E-state index in [1.54, 1.807) is 6.08 Å². The molecule has 0 aliphatic rings. The molecular weight excluding hydrogens is 791 g/mol. The van der Waals surface area contributed by atoms with Crippen molar-refractivity contribution in [1.82, 2.24) is 5.32 Å². The quantitative estimate of drug-likeness (QED) is 0.0321. The summed E-state index contributed by atoms with van der Waals surface area (Å²) in [7, 11) is 0. The number of aliphatic hydroxyl groups excluding tert-OH is 2. The first kappa shape index (κ1) is 62.6. The minimum atomic E-state index is -0.846. The van der Waals surface area contributed by atoms with Crippen molar-refractivity contribution in [1.29, 1.82) is 0 Å². The van der Waals surface area contributed by atoms with E-state index in [0.717, 1.165) is 38.5 Å². The predicted molar refractivity (Wildman–Crippen MR) is 278 cm³/mol. The first-order valence-corrected chi connectivity index (χ1v) is 29.0. The Morgan fingerprint density at radius 2 is 0.719 bits per heavy atom. The van der Waals surface area contributed by atoms with Crippen LogP contribution in [0.1, 0.15) is 322 Å². The fourth-order valence-electron chi connectivity index (χ4n) is 9.11. The molecule has 0 bridgehead atoms. The third kappa shape index (κ3) is 50.0. The van der Waals surface area contributed by atoms with E-state index in [1.165, 1.54) is 257 Å². The van der Waals surface area contributed by atoms with Crippen molar-refractivity contribution in [2.45, 2.75) is 334 Å². The van der Waals surface area contributed by atoms with Crippen LogP contribution in [0.15, 0.2) is 12.2 Å². The van der Waals surface area contributed by atoms with Gasteiger partial charge in [-0.05, 0) is 32.1 Å². The van der Waals surface area contributed by atoms with Crippen LogP contribution in [0, 0.1) is 0 Å². The summed E-state index contributed by atoms with van der Waals surface area (Å²) in [6.07, 6.45) is 63.8. The number of unbranched alkanes of at least 4 members (excludes halogenated alkanes) is 43. The summed E-state index contributed by atoms with van der Waals surface area (Å²) in [4.78, 5) is 24.5. The zero-order valence-electron chi connectivity index (χ0n) is 43.3. The number of rotatable bonds is 54. The molecule has 2 atom stereocenters. The van der Waals surface area contributed by atoms with Crippen LogP contribution in [0.25, 0.3) is 0 Å². The maximum absolute atomic E-state index is 12.4. The Morgan fingerprint density at radius 3 is 1.06 bits per heavy atom. The van der Waals surface area contributed by atoms with Crippen molar-refractivity contribution >= 4 is 11.9 Å². The second kappa shape index (κ2) is 54.2. The van der Waals surface area contributed by atoms with Crippen molar-refractivity contribution in [3.05, 3.63) is 12.2 Å². The first-order chi connectivity index (χ1) is 31.5. The lowest BCUT2D eigenvalue weighted by molar-refractivity contribution is -0.143. The molecule has 6 heteroatoms. The van der Waals surface area contributed by atoms with Crippen LogP contribution in [0.2, 0.25) is 0 Å². The number of aliphatic hydroxyl groups is 2. The number of nitrogens with one attached hydrogen (secondary N) is 1. The number of carbonyl (C=O) groups is 2. The van der Waals surface area contributed by atoms with Crippen LogP contribution in [-0.2, 0) is 14.3 Å². The highest BCUT2D eigenvalue weighted by Crippen LogP contribution is 2.17. The number of amides is 1. The van der Waals surface area contributed by atoms with Gasteiger partial charge in [0.1, 0.15) is 0 Å². The average Bonchev–Trinajstić information content (AvgIpc) is 3.29. The predicted octanol–water partition coefficient (Wildman–Crippen LogP) is 17.7. The van der Waals surface area contributed by atoms with Gasteiger partial charge < -0.3 is 20.3 Å².